The van der Waals surface area contributed by atoms with E-state index in [0.717, 1.165) is 0 Å². The highest BCUT2D eigenvalue weighted by atomic mass is 28.5. The van der Waals surface area contributed by atoms with Crippen LogP contribution in [0.15, 0.2) is 36.8 Å². The van der Waals surface area contributed by atoms with E-state index in [0.29, 0.717) is 0 Å². The maximum Gasteiger partial charge on any atom is 0.313 e. The molecule has 0 rings (SSSR count). The van der Waals surface area contributed by atoms with Crippen LogP contribution in [0.3, 0.4) is 0 Å². The molecule has 0 aliphatic carbocycles. The fourth-order valence-electron chi connectivity index (χ4n) is 1.79. The average molecular weight is 319 g/mol. The van der Waals surface area contributed by atoms with E-state index in [1.807, 2.05) is 30.2 Å². The smallest absolute Gasteiger partial charge is 0.313 e. The van der Waals surface area contributed by atoms with Gasteiger partial charge in [0.25, 0.3) is 8.32 Å². The van der Waals surface area contributed by atoms with Gasteiger partial charge < -0.3 is 12.3 Å². The molecule has 7 heteroatoms. The maximum atomic E-state index is 6.23. The molecule has 3 nitrogen and oxygen atoms in total. The lowest BCUT2D eigenvalue weighted by atomic mass is 11.2. The van der Waals surface area contributed by atoms with Gasteiger partial charge in [0.2, 0.25) is 0 Å². The van der Waals surface area contributed by atoms with E-state index in [1.54, 1.807) is 0 Å². The molecule has 0 N–H and O–H groups in total. The molecule has 0 aliphatic heterocycles. The van der Waals surface area contributed by atoms with E-state index in [4.69, 9.17) is 12.3 Å². The Bertz CT molecular complexity index is 294. The molecule has 0 unspecified atom stereocenters. The number of rotatable bonds is 9. The summed E-state index contributed by atoms with van der Waals surface area (Å²) >= 11 is 0. The Morgan fingerprint density at radius 2 is 1.28 bits per heavy atom. The summed E-state index contributed by atoms with van der Waals surface area (Å²) in [6.07, 6.45) is 0. The molecule has 0 saturated carbocycles. The highest BCUT2D eigenvalue weighted by Gasteiger charge is 2.40. The summed E-state index contributed by atoms with van der Waals surface area (Å²) in [6, 6.07) is 0. The third-order valence-electron chi connectivity index (χ3n) is 2.36. The molecule has 0 aliphatic rings. The Morgan fingerprint density at radius 1 is 0.833 bits per heavy atom. The summed E-state index contributed by atoms with van der Waals surface area (Å²) in [6.45, 7) is 21.9. The van der Waals surface area contributed by atoms with Crippen molar-refractivity contribution in [1.29, 1.82) is 0 Å². The maximum absolute atomic E-state index is 6.23. The molecule has 0 amide bonds. The fourth-order valence-corrected chi connectivity index (χ4v) is 15.5. The lowest BCUT2D eigenvalue weighted by Gasteiger charge is -2.37. The molecule has 0 atom stereocenters. The second-order valence-electron chi connectivity index (χ2n) is 4.90. The Balaban J connectivity index is 4.89. The lowest BCUT2D eigenvalue weighted by molar-refractivity contribution is 0.342. The van der Waals surface area contributed by atoms with Gasteiger partial charge in [-0.2, -0.15) is 0 Å². The normalized spacial score (nSPS) is 13.8. The van der Waals surface area contributed by atoms with Gasteiger partial charge in [-0.1, -0.05) is 23.6 Å². The van der Waals surface area contributed by atoms with Crippen LogP contribution in [0.4, 0.5) is 0 Å². The fraction of sp³-hybridized carbons (Fsp3) is 0.455. The molecule has 0 aromatic rings. The standard InChI is InChI=1S/C11H26O3Si4/c1-9-18(10-2,11-3)14-17(7,8)13-16(5,6)12-15-4/h9-11H,1-3,15H2,4-8H3. The Hall–Kier alpha value is -0.0325. The van der Waals surface area contributed by atoms with Crippen molar-refractivity contribution in [3.8, 4) is 0 Å². The van der Waals surface area contributed by atoms with Crippen LogP contribution >= 0.6 is 0 Å². The zero-order valence-corrected chi connectivity index (χ0v) is 16.7. The molecule has 0 aromatic carbocycles. The summed E-state index contributed by atoms with van der Waals surface area (Å²) in [5.41, 5.74) is 5.49. The molecule has 0 aromatic heterocycles. The Kier molecular flexibility index (Phi) is 6.93. The van der Waals surface area contributed by atoms with Crippen LogP contribution in [0.1, 0.15) is 0 Å². The van der Waals surface area contributed by atoms with Crippen LogP contribution in [-0.2, 0) is 12.3 Å². The van der Waals surface area contributed by atoms with Crippen LogP contribution in [0.5, 0.6) is 0 Å². The van der Waals surface area contributed by atoms with Crippen LogP contribution in [-0.4, -0.2) is 35.2 Å². The van der Waals surface area contributed by atoms with Gasteiger partial charge in [0.15, 0.2) is 0 Å². The monoisotopic (exact) mass is 318 g/mol. The van der Waals surface area contributed by atoms with E-state index < -0.39 is 35.2 Å². The first-order valence-corrected chi connectivity index (χ1v) is 15.9. The first-order valence-electron chi connectivity index (χ1n) is 6.11. The van der Waals surface area contributed by atoms with Gasteiger partial charge in [0, 0.05) is 0 Å². The lowest BCUT2D eigenvalue weighted by Crippen LogP contribution is -2.54. The van der Waals surface area contributed by atoms with Crippen molar-refractivity contribution < 1.29 is 12.3 Å². The molecular weight excluding hydrogens is 292 g/mol. The van der Waals surface area contributed by atoms with Crippen molar-refractivity contribution in [3.05, 3.63) is 36.8 Å². The largest absolute Gasteiger partial charge is 0.442 e. The first-order chi connectivity index (χ1) is 8.16. The summed E-state index contributed by atoms with van der Waals surface area (Å²) in [5, 5.41) is 0. The van der Waals surface area contributed by atoms with Crippen LogP contribution in [0, 0.1) is 0 Å². The highest BCUT2D eigenvalue weighted by molar-refractivity contribution is 6.95. The molecule has 0 heterocycles. The van der Waals surface area contributed by atoms with Gasteiger partial charge in [0.05, 0.1) is 0 Å². The highest BCUT2D eigenvalue weighted by Crippen LogP contribution is 2.22. The van der Waals surface area contributed by atoms with Gasteiger partial charge in [0.1, 0.15) is 9.76 Å². The second-order valence-corrected chi connectivity index (χ2v) is 16.8. The third kappa shape index (κ3) is 5.74. The molecule has 0 radical (unpaired) electrons. The molecule has 18 heavy (non-hydrogen) atoms. The van der Waals surface area contributed by atoms with Gasteiger partial charge in [-0.15, -0.1) is 19.7 Å². The summed E-state index contributed by atoms with van der Waals surface area (Å²) in [5.74, 6) is 0. The van der Waals surface area contributed by atoms with Crippen molar-refractivity contribution in [2.24, 2.45) is 0 Å². The topological polar surface area (TPSA) is 27.7 Å². The predicted octanol–water partition coefficient (Wildman–Crippen LogP) is 2.69. The van der Waals surface area contributed by atoms with E-state index >= 15 is 0 Å². The van der Waals surface area contributed by atoms with E-state index in [1.165, 1.54) is 0 Å². The third-order valence-corrected chi connectivity index (χ3v) is 15.5. The van der Waals surface area contributed by atoms with E-state index in [2.05, 4.69) is 39.4 Å². The zero-order chi connectivity index (χ0) is 14.4. The Labute approximate surface area is 117 Å². The minimum atomic E-state index is -2.27. The number of hydrogen-bond acceptors (Lipinski definition) is 3. The quantitative estimate of drug-likeness (QED) is 0.612. The molecule has 0 spiro atoms. The minimum absolute atomic E-state index is 0.462. The van der Waals surface area contributed by atoms with Crippen molar-refractivity contribution in [2.45, 2.75) is 32.7 Å². The summed E-state index contributed by atoms with van der Waals surface area (Å²) in [7, 11) is -7.06. The minimum Gasteiger partial charge on any atom is -0.442 e. The zero-order valence-electron chi connectivity index (χ0n) is 12.3. The van der Waals surface area contributed by atoms with Crippen molar-refractivity contribution >= 4 is 35.2 Å². The molecular formula is C11H26O3Si4. The SMILES string of the molecule is C=C[Si](C=C)(C=C)O[Si](C)(C)O[Si](C)(C)O[SiH2]C. The molecule has 0 saturated heterocycles. The van der Waals surface area contributed by atoms with E-state index in [9.17, 15) is 0 Å². The Morgan fingerprint density at radius 3 is 1.61 bits per heavy atom. The van der Waals surface area contributed by atoms with Crippen LogP contribution in [0.25, 0.3) is 0 Å². The van der Waals surface area contributed by atoms with Gasteiger partial charge in [-0.3, -0.25) is 0 Å². The number of hydrogen-bond donors (Lipinski definition) is 0. The van der Waals surface area contributed by atoms with Gasteiger partial charge in [-0.05, 0) is 26.2 Å². The van der Waals surface area contributed by atoms with Crippen LogP contribution in [0.2, 0.25) is 32.7 Å². The predicted molar refractivity (Wildman–Crippen MR) is 89.0 cm³/mol. The molecule has 0 bridgehead atoms. The van der Waals surface area contributed by atoms with Crippen molar-refractivity contribution in [2.75, 3.05) is 0 Å². The molecule has 0 fully saturated rings. The summed E-state index contributed by atoms with van der Waals surface area (Å²) in [4.78, 5) is 0. The van der Waals surface area contributed by atoms with Crippen molar-refractivity contribution in [1.82, 2.24) is 0 Å². The summed E-state index contributed by atoms with van der Waals surface area (Å²) < 4.78 is 18.2. The van der Waals surface area contributed by atoms with Crippen LogP contribution < -0.4 is 0 Å². The first kappa shape index (κ1) is 18.0. The van der Waals surface area contributed by atoms with Gasteiger partial charge in [-0.25, -0.2) is 0 Å². The van der Waals surface area contributed by atoms with Gasteiger partial charge >= 0.3 is 17.1 Å². The second kappa shape index (κ2) is 6.94. The molecule has 104 valence electrons. The van der Waals surface area contributed by atoms with Crippen molar-refractivity contribution in [3.63, 3.8) is 0 Å². The average Bonchev–Trinajstić information content (AvgIpc) is 2.24. The van der Waals surface area contributed by atoms with E-state index in [-0.39, 0.29) is 0 Å².